The number of hydrogen-bond donors (Lipinski definition) is 2. The lowest BCUT2D eigenvalue weighted by molar-refractivity contribution is -0.137. The van der Waals surface area contributed by atoms with E-state index in [1.54, 1.807) is 32.3 Å². The molecule has 0 saturated heterocycles. The summed E-state index contributed by atoms with van der Waals surface area (Å²) in [6.45, 7) is 0.431. The lowest BCUT2D eigenvalue weighted by Gasteiger charge is -2.15. The van der Waals surface area contributed by atoms with Crippen LogP contribution >= 0.6 is 24.0 Å². The summed E-state index contributed by atoms with van der Waals surface area (Å²) in [5.41, 5.74) is 0.561. The fraction of sp³-hybridized carbons (Fsp3) is 0.333. The number of carbonyl (C=O) groups is 1. The van der Waals surface area contributed by atoms with Crippen molar-refractivity contribution in [2.24, 2.45) is 4.99 Å². The average molecular weight is 552 g/mol. The van der Waals surface area contributed by atoms with Crippen LogP contribution in [0.2, 0.25) is 0 Å². The maximum atomic E-state index is 13.0. The Morgan fingerprint density at radius 2 is 1.71 bits per heavy atom. The van der Waals surface area contributed by atoms with Crippen LogP contribution in [0.3, 0.4) is 0 Å². The van der Waals surface area contributed by atoms with Gasteiger partial charge in [-0.05, 0) is 41.8 Å². The largest absolute Gasteiger partial charge is 0.416 e. The molecule has 0 aliphatic heterocycles. The normalized spacial score (nSPS) is 11.5. The van der Waals surface area contributed by atoms with E-state index < -0.39 is 11.7 Å². The molecule has 0 heterocycles. The number of carbonyl (C=O) groups excluding carboxylic acids is 1. The van der Waals surface area contributed by atoms with Crippen molar-refractivity contribution in [2.75, 3.05) is 27.2 Å². The number of aliphatic imine (C=N–C) groups is 1. The van der Waals surface area contributed by atoms with Crippen molar-refractivity contribution < 1.29 is 22.4 Å². The summed E-state index contributed by atoms with van der Waals surface area (Å²) >= 11 is 0. The Morgan fingerprint density at radius 1 is 1.03 bits per heavy atom. The van der Waals surface area contributed by atoms with Crippen molar-refractivity contribution in [1.29, 1.82) is 0 Å². The molecule has 170 valence electrons. The molecular formula is C21H25F4IN4O. The van der Waals surface area contributed by atoms with Crippen LogP contribution in [0, 0.1) is 5.82 Å². The molecule has 0 saturated carbocycles. The number of benzene rings is 2. The van der Waals surface area contributed by atoms with Gasteiger partial charge in [0.05, 0.1) is 18.7 Å². The molecule has 0 atom stereocenters. The van der Waals surface area contributed by atoms with Crippen LogP contribution in [-0.2, 0) is 23.9 Å². The van der Waals surface area contributed by atoms with Crippen molar-refractivity contribution in [2.45, 2.75) is 19.1 Å². The second kappa shape index (κ2) is 12.5. The number of alkyl halides is 3. The number of likely N-dealkylation sites (N-methyl/N-ethyl adjacent to an activating group) is 1. The third kappa shape index (κ3) is 9.53. The molecule has 0 aromatic heterocycles. The summed E-state index contributed by atoms with van der Waals surface area (Å²) in [6.07, 6.45) is -3.85. The van der Waals surface area contributed by atoms with Crippen LogP contribution < -0.4 is 10.6 Å². The minimum Gasteiger partial charge on any atom is -0.356 e. The molecule has 31 heavy (non-hydrogen) atoms. The van der Waals surface area contributed by atoms with Crippen molar-refractivity contribution in [3.63, 3.8) is 0 Å². The zero-order chi connectivity index (χ0) is 22.1. The summed E-state index contributed by atoms with van der Waals surface area (Å²) in [7, 11) is 3.23. The highest BCUT2D eigenvalue weighted by molar-refractivity contribution is 14.0. The molecular weight excluding hydrogens is 527 g/mol. The van der Waals surface area contributed by atoms with Crippen molar-refractivity contribution in [3.05, 3.63) is 71.0 Å². The second-order valence-corrected chi connectivity index (χ2v) is 6.81. The fourth-order valence-corrected chi connectivity index (χ4v) is 2.48. The molecule has 0 bridgehead atoms. The summed E-state index contributed by atoms with van der Waals surface area (Å²) < 4.78 is 51.6. The third-order valence-corrected chi connectivity index (χ3v) is 4.20. The lowest BCUT2D eigenvalue weighted by atomic mass is 10.1. The van der Waals surface area contributed by atoms with E-state index in [9.17, 15) is 22.4 Å². The van der Waals surface area contributed by atoms with Gasteiger partial charge in [-0.2, -0.15) is 13.2 Å². The zero-order valence-corrected chi connectivity index (χ0v) is 19.5. The summed E-state index contributed by atoms with van der Waals surface area (Å²) in [5.74, 6) is -0.203. The molecule has 2 N–H and O–H groups in total. The number of guanidine groups is 1. The Bertz CT molecular complexity index is 870. The van der Waals surface area contributed by atoms with Crippen molar-refractivity contribution in [1.82, 2.24) is 15.5 Å². The Morgan fingerprint density at radius 3 is 2.32 bits per heavy atom. The first-order valence-corrected chi connectivity index (χ1v) is 9.28. The molecule has 0 radical (unpaired) electrons. The van der Waals surface area contributed by atoms with Gasteiger partial charge in [-0.3, -0.25) is 4.79 Å². The average Bonchev–Trinajstić information content (AvgIpc) is 2.70. The second-order valence-electron chi connectivity index (χ2n) is 6.81. The van der Waals surface area contributed by atoms with Crippen LogP contribution in [0.15, 0.2) is 53.5 Å². The molecule has 10 heteroatoms. The Labute approximate surface area is 195 Å². The number of amides is 1. The van der Waals surface area contributed by atoms with Gasteiger partial charge in [0.25, 0.3) is 0 Å². The van der Waals surface area contributed by atoms with E-state index >= 15 is 0 Å². The monoisotopic (exact) mass is 552 g/mol. The van der Waals surface area contributed by atoms with Gasteiger partial charge in [0.15, 0.2) is 5.96 Å². The minimum atomic E-state index is -4.42. The maximum absolute atomic E-state index is 13.0. The van der Waals surface area contributed by atoms with Crippen LogP contribution in [0.1, 0.15) is 16.7 Å². The van der Waals surface area contributed by atoms with Gasteiger partial charge >= 0.3 is 6.18 Å². The third-order valence-electron chi connectivity index (χ3n) is 4.20. The first-order chi connectivity index (χ1) is 14.1. The van der Waals surface area contributed by atoms with Gasteiger partial charge in [-0.25, -0.2) is 9.38 Å². The zero-order valence-electron chi connectivity index (χ0n) is 17.2. The van der Waals surface area contributed by atoms with Gasteiger partial charge in [-0.15, -0.1) is 24.0 Å². The van der Waals surface area contributed by atoms with Crippen LogP contribution in [0.4, 0.5) is 17.6 Å². The predicted octanol–water partition coefficient (Wildman–Crippen LogP) is 3.83. The Kier molecular flexibility index (Phi) is 10.7. The van der Waals surface area contributed by atoms with E-state index in [1.165, 1.54) is 23.1 Å². The van der Waals surface area contributed by atoms with Crippen LogP contribution in [0.25, 0.3) is 0 Å². The number of halogens is 5. The molecule has 0 unspecified atom stereocenters. The van der Waals surface area contributed by atoms with E-state index in [0.29, 0.717) is 24.5 Å². The van der Waals surface area contributed by atoms with Gasteiger partial charge in [0.2, 0.25) is 5.91 Å². The number of rotatable bonds is 7. The first-order valence-electron chi connectivity index (χ1n) is 9.28. The van der Waals surface area contributed by atoms with Crippen LogP contribution in [0.5, 0.6) is 0 Å². The fourth-order valence-electron chi connectivity index (χ4n) is 2.48. The molecule has 0 aliphatic carbocycles. The van der Waals surface area contributed by atoms with E-state index in [2.05, 4.69) is 15.6 Å². The van der Waals surface area contributed by atoms with Gasteiger partial charge in [0.1, 0.15) is 5.82 Å². The SMILES string of the molecule is CN(C)C(=O)CNC(=NCc1cccc(C(F)(F)F)c1)NCCc1ccc(F)cc1.I. The minimum absolute atomic E-state index is 0. The smallest absolute Gasteiger partial charge is 0.356 e. The summed E-state index contributed by atoms with van der Waals surface area (Å²) in [4.78, 5) is 17.5. The van der Waals surface area contributed by atoms with Crippen molar-refractivity contribution >= 4 is 35.8 Å². The number of hydrogen-bond acceptors (Lipinski definition) is 2. The van der Waals surface area contributed by atoms with Gasteiger partial charge < -0.3 is 15.5 Å². The predicted molar refractivity (Wildman–Crippen MR) is 123 cm³/mol. The first kappa shape index (κ1) is 26.7. The van der Waals surface area contributed by atoms with Crippen LogP contribution in [-0.4, -0.2) is 44.0 Å². The van der Waals surface area contributed by atoms with Gasteiger partial charge in [0, 0.05) is 20.6 Å². The van der Waals surface area contributed by atoms with E-state index in [4.69, 9.17) is 0 Å². The Balaban J connectivity index is 0.00000480. The highest BCUT2D eigenvalue weighted by Gasteiger charge is 2.30. The summed E-state index contributed by atoms with van der Waals surface area (Å²) in [5, 5.41) is 5.92. The van der Waals surface area contributed by atoms with E-state index in [1.807, 2.05) is 0 Å². The maximum Gasteiger partial charge on any atom is 0.416 e. The molecule has 5 nitrogen and oxygen atoms in total. The van der Waals surface area contributed by atoms with Crippen molar-refractivity contribution in [3.8, 4) is 0 Å². The molecule has 2 aromatic rings. The standard InChI is InChI=1S/C21H24F4N4O.HI/c1-29(2)19(30)14-28-20(26-11-10-15-6-8-18(22)9-7-15)27-13-16-4-3-5-17(12-16)21(23,24)25;/h3-9,12H,10-11,13-14H2,1-2H3,(H2,26,27,28);1H. The lowest BCUT2D eigenvalue weighted by Crippen LogP contribution is -2.43. The topological polar surface area (TPSA) is 56.7 Å². The quantitative estimate of drug-likeness (QED) is 0.238. The molecule has 0 fully saturated rings. The number of nitrogens with one attached hydrogen (secondary N) is 2. The molecule has 0 spiro atoms. The molecule has 2 rings (SSSR count). The number of nitrogens with zero attached hydrogens (tertiary/aromatic N) is 2. The van der Waals surface area contributed by atoms with E-state index in [-0.39, 0.29) is 48.8 Å². The molecule has 0 aliphatic rings. The highest BCUT2D eigenvalue weighted by Crippen LogP contribution is 2.29. The van der Waals surface area contributed by atoms with Gasteiger partial charge in [-0.1, -0.05) is 24.3 Å². The summed E-state index contributed by atoms with van der Waals surface area (Å²) in [6, 6.07) is 11.0. The molecule has 2 aromatic carbocycles. The Hall–Kier alpha value is -2.37. The highest BCUT2D eigenvalue weighted by atomic mass is 127. The van der Waals surface area contributed by atoms with E-state index in [0.717, 1.165) is 17.7 Å². The molecule has 1 amide bonds.